The molecule has 1 atom stereocenters. The van der Waals surface area contributed by atoms with Gasteiger partial charge in [-0.3, -0.25) is 4.79 Å². The Balaban J connectivity index is 2.11. The minimum Gasteiger partial charge on any atom is -0.299 e. The van der Waals surface area contributed by atoms with Crippen LogP contribution >= 0.6 is 0 Å². The number of rotatable bonds is 4. The zero-order chi connectivity index (χ0) is 15.5. The molecular formula is C19H24OSi. The molecular weight excluding hydrogens is 272 g/mol. The van der Waals surface area contributed by atoms with E-state index in [0.717, 1.165) is 24.0 Å². The summed E-state index contributed by atoms with van der Waals surface area (Å²) in [6.07, 6.45) is 3.10. The van der Waals surface area contributed by atoms with Crippen LogP contribution in [-0.2, 0) is 4.79 Å². The predicted molar refractivity (Wildman–Crippen MR) is 92.5 cm³/mol. The lowest BCUT2D eigenvalue weighted by Crippen LogP contribution is -2.40. The first-order chi connectivity index (χ1) is 9.82. The lowest BCUT2D eigenvalue weighted by atomic mass is 9.62. The zero-order valence-corrected chi connectivity index (χ0v) is 14.3. The van der Waals surface area contributed by atoms with E-state index in [9.17, 15) is 4.79 Å². The maximum absolute atomic E-state index is 12.2. The largest absolute Gasteiger partial charge is 0.299 e. The van der Waals surface area contributed by atoms with E-state index < -0.39 is 8.07 Å². The molecule has 1 saturated carbocycles. The zero-order valence-electron chi connectivity index (χ0n) is 13.3. The second-order valence-electron chi connectivity index (χ2n) is 7.08. The lowest BCUT2D eigenvalue weighted by molar-refractivity contribution is -0.137. The number of ketones is 1. The third kappa shape index (κ3) is 3.95. The first kappa shape index (κ1) is 15.8. The summed E-state index contributed by atoms with van der Waals surface area (Å²) < 4.78 is 0. The van der Waals surface area contributed by atoms with Crippen LogP contribution in [0.3, 0.4) is 0 Å². The van der Waals surface area contributed by atoms with Crippen molar-refractivity contribution in [2.75, 3.05) is 0 Å². The number of hydrogen-bond acceptors (Lipinski definition) is 1. The van der Waals surface area contributed by atoms with Crippen LogP contribution in [0.5, 0.6) is 0 Å². The molecule has 1 aliphatic carbocycles. The fourth-order valence-electron chi connectivity index (χ4n) is 2.68. The average molecular weight is 296 g/mol. The molecule has 0 radical (unpaired) electrons. The van der Waals surface area contributed by atoms with Gasteiger partial charge in [-0.15, -0.1) is 11.5 Å². The molecule has 21 heavy (non-hydrogen) atoms. The molecule has 110 valence electrons. The van der Waals surface area contributed by atoms with E-state index in [4.69, 9.17) is 0 Å². The molecule has 0 spiro atoms. The third-order valence-corrected chi connectivity index (χ3v) is 4.97. The number of allylic oxidation sites excluding steroid dienone is 1. The van der Waals surface area contributed by atoms with Crippen LogP contribution in [-0.4, -0.2) is 13.9 Å². The molecule has 0 heterocycles. The number of hydrogen-bond donors (Lipinski definition) is 0. The van der Waals surface area contributed by atoms with Gasteiger partial charge in [-0.05, 0) is 24.0 Å². The van der Waals surface area contributed by atoms with Gasteiger partial charge in [0.1, 0.15) is 13.9 Å². The molecule has 1 aromatic rings. The van der Waals surface area contributed by atoms with Crippen LogP contribution in [0.2, 0.25) is 19.6 Å². The van der Waals surface area contributed by atoms with Crippen LogP contribution in [0.15, 0.2) is 36.9 Å². The standard InChI is InChI=1S/C19H24OSi/c1-16(17-9-6-5-7-10-17)15-19(13-11-18(19)20)12-8-14-21(2,3)4/h5-7,9-10H,1,11-13,15H2,2-4H3/t19-/m0/s1. The van der Waals surface area contributed by atoms with Crippen molar-refractivity contribution in [1.82, 2.24) is 0 Å². The summed E-state index contributed by atoms with van der Waals surface area (Å²) >= 11 is 0. The summed E-state index contributed by atoms with van der Waals surface area (Å²) in [5.74, 6) is 3.67. The van der Waals surface area contributed by atoms with E-state index in [1.807, 2.05) is 18.2 Å². The van der Waals surface area contributed by atoms with E-state index in [1.165, 1.54) is 0 Å². The van der Waals surface area contributed by atoms with Crippen LogP contribution in [0.1, 0.15) is 31.2 Å². The topological polar surface area (TPSA) is 17.1 Å². The van der Waals surface area contributed by atoms with Crippen molar-refractivity contribution in [3.8, 4) is 11.5 Å². The van der Waals surface area contributed by atoms with Crippen LogP contribution in [0.25, 0.3) is 5.57 Å². The van der Waals surface area contributed by atoms with E-state index in [0.29, 0.717) is 18.6 Å². The fraction of sp³-hybridized carbons (Fsp3) is 0.421. The van der Waals surface area contributed by atoms with Crippen molar-refractivity contribution in [3.05, 3.63) is 42.5 Å². The highest BCUT2D eigenvalue weighted by atomic mass is 28.3. The minimum atomic E-state index is -1.37. The highest BCUT2D eigenvalue weighted by molar-refractivity contribution is 6.83. The average Bonchev–Trinajstić information content (AvgIpc) is 2.44. The molecule has 2 rings (SSSR count). The molecule has 0 aromatic heterocycles. The van der Waals surface area contributed by atoms with Crippen molar-refractivity contribution in [2.24, 2.45) is 5.41 Å². The lowest BCUT2D eigenvalue weighted by Gasteiger charge is -2.39. The van der Waals surface area contributed by atoms with Gasteiger partial charge in [0.25, 0.3) is 0 Å². The molecule has 0 amide bonds. The number of benzene rings is 1. The predicted octanol–water partition coefficient (Wildman–Crippen LogP) is 4.71. The normalized spacial score (nSPS) is 21.2. The van der Waals surface area contributed by atoms with Gasteiger partial charge in [0, 0.05) is 18.3 Å². The maximum atomic E-state index is 12.2. The summed E-state index contributed by atoms with van der Waals surface area (Å²) in [7, 11) is -1.37. The Hall–Kier alpha value is -1.59. The Kier molecular flexibility index (Phi) is 4.54. The van der Waals surface area contributed by atoms with Crippen LogP contribution in [0, 0.1) is 16.9 Å². The first-order valence-corrected chi connectivity index (χ1v) is 11.1. The van der Waals surface area contributed by atoms with Gasteiger partial charge in [-0.2, -0.15) is 0 Å². The highest BCUT2D eigenvalue weighted by Gasteiger charge is 2.45. The number of Topliss-reactive ketones (excluding diaryl/α,β-unsaturated/α-hetero) is 1. The monoisotopic (exact) mass is 296 g/mol. The van der Waals surface area contributed by atoms with Crippen molar-refractivity contribution in [2.45, 2.75) is 45.3 Å². The smallest absolute Gasteiger partial charge is 0.140 e. The quantitative estimate of drug-likeness (QED) is 0.581. The summed E-state index contributed by atoms with van der Waals surface area (Å²) in [5.41, 5.74) is 5.31. The maximum Gasteiger partial charge on any atom is 0.140 e. The molecule has 1 nitrogen and oxygen atoms in total. The second-order valence-corrected chi connectivity index (χ2v) is 11.8. The summed E-state index contributed by atoms with van der Waals surface area (Å²) in [4.78, 5) is 12.2. The van der Waals surface area contributed by atoms with E-state index in [-0.39, 0.29) is 5.41 Å². The van der Waals surface area contributed by atoms with Gasteiger partial charge in [-0.25, -0.2) is 0 Å². The first-order valence-electron chi connectivity index (χ1n) is 7.59. The number of carbonyl (C=O) groups excluding carboxylic acids is 1. The molecule has 2 heteroatoms. The Morgan fingerprint density at radius 3 is 2.43 bits per heavy atom. The van der Waals surface area contributed by atoms with Crippen LogP contribution in [0.4, 0.5) is 0 Å². The van der Waals surface area contributed by atoms with Crippen LogP contribution < -0.4 is 0 Å². The van der Waals surface area contributed by atoms with Crippen molar-refractivity contribution in [3.63, 3.8) is 0 Å². The molecule has 0 unspecified atom stereocenters. The van der Waals surface area contributed by atoms with Gasteiger partial charge >= 0.3 is 0 Å². The molecule has 0 aliphatic heterocycles. The van der Waals surface area contributed by atoms with Gasteiger partial charge in [0.05, 0.1) is 0 Å². The summed E-state index contributed by atoms with van der Waals surface area (Å²) in [6, 6.07) is 10.2. The molecule has 1 fully saturated rings. The Labute approximate surface area is 129 Å². The molecule has 1 aliphatic rings. The van der Waals surface area contributed by atoms with Gasteiger partial charge in [-0.1, -0.05) is 56.6 Å². The van der Waals surface area contributed by atoms with Crippen molar-refractivity contribution >= 4 is 19.4 Å². The van der Waals surface area contributed by atoms with Crippen molar-refractivity contribution < 1.29 is 4.79 Å². The van der Waals surface area contributed by atoms with E-state index in [2.05, 4.69) is 49.8 Å². The van der Waals surface area contributed by atoms with E-state index >= 15 is 0 Å². The SMILES string of the molecule is C=C(C[C@]1(CC#C[Si](C)(C)C)CCC1=O)c1ccccc1. The fourth-order valence-corrected chi connectivity index (χ4v) is 3.30. The summed E-state index contributed by atoms with van der Waals surface area (Å²) in [5, 5.41) is 0. The Bertz CT molecular complexity index is 598. The van der Waals surface area contributed by atoms with Gasteiger partial charge in [0.2, 0.25) is 0 Å². The minimum absolute atomic E-state index is 0.264. The van der Waals surface area contributed by atoms with E-state index in [1.54, 1.807) is 0 Å². The molecule has 0 bridgehead atoms. The Morgan fingerprint density at radius 2 is 1.95 bits per heavy atom. The third-order valence-electron chi connectivity index (χ3n) is 4.05. The molecule has 0 saturated heterocycles. The van der Waals surface area contributed by atoms with Gasteiger partial charge < -0.3 is 0 Å². The van der Waals surface area contributed by atoms with Crippen molar-refractivity contribution in [1.29, 1.82) is 0 Å². The summed E-state index contributed by atoms with van der Waals surface area (Å²) in [6.45, 7) is 10.9. The number of carbonyl (C=O) groups is 1. The highest BCUT2D eigenvalue weighted by Crippen LogP contribution is 2.46. The second kappa shape index (κ2) is 6.03. The molecule has 1 aromatic carbocycles. The Morgan fingerprint density at radius 1 is 1.29 bits per heavy atom. The van der Waals surface area contributed by atoms with Gasteiger partial charge in [0.15, 0.2) is 0 Å². The molecule has 0 N–H and O–H groups in total.